The SMILES string of the molecule is Cc1cccc(N2CC(S(N)(=O)=O)CC2=O)c1. The molecule has 2 N–H and O–H groups in total. The molecule has 1 fully saturated rings. The number of aryl methyl sites for hydroxylation is 1. The standard InChI is InChI=1S/C11H14N2O3S/c1-8-3-2-4-9(5-8)13-7-10(6-11(13)14)17(12,15)16/h2-5,10H,6-7H2,1H3,(H2,12,15,16). The number of benzene rings is 1. The summed E-state index contributed by atoms with van der Waals surface area (Å²) in [6.45, 7) is 2.06. The lowest BCUT2D eigenvalue weighted by Gasteiger charge is -2.16. The van der Waals surface area contributed by atoms with Crippen molar-refractivity contribution >= 4 is 21.6 Å². The Morgan fingerprint density at radius 1 is 1.41 bits per heavy atom. The molecular formula is C11H14N2O3S. The van der Waals surface area contributed by atoms with Crippen molar-refractivity contribution in [2.45, 2.75) is 18.6 Å². The predicted molar refractivity (Wildman–Crippen MR) is 65.0 cm³/mol. The number of carbonyl (C=O) groups excluding carboxylic acids is 1. The molecule has 1 saturated heterocycles. The molecule has 0 radical (unpaired) electrons. The summed E-state index contributed by atoms with van der Waals surface area (Å²) in [7, 11) is -3.65. The molecule has 0 bridgehead atoms. The van der Waals surface area contributed by atoms with Crippen molar-refractivity contribution in [1.29, 1.82) is 0 Å². The van der Waals surface area contributed by atoms with E-state index < -0.39 is 15.3 Å². The van der Waals surface area contributed by atoms with Gasteiger partial charge in [-0.15, -0.1) is 0 Å². The van der Waals surface area contributed by atoms with Crippen molar-refractivity contribution in [3.05, 3.63) is 29.8 Å². The molecule has 17 heavy (non-hydrogen) atoms. The largest absolute Gasteiger partial charge is 0.311 e. The minimum atomic E-state index is -3.65. The first kappa shape index (κ1) is 12.1. The van der Waals surface area contributed by atoms with Crippen LogP contribution in [0.2, 0.25) is 0 Å². The summed E-state index contributed by atoms with van der Waals surface area (Å²) < 4.78 is 22.4. The molecule has 1 heterocycles. The summed E-state index contributed by atoms with van der Waals surface area (Å²) in [4.78, 5) is 13.2. The number of sulfonamides is 1. The fourth-order valence-electron chi connectivity index (χ4n) is 1.94. The van der Waals surface area contributed by atoms with Gasteiger partial charge in [-0.25, -0.2) is 13.6 Å². The van der Waals surface area contributed by atoms with E-state index in [0.29, 0.717) is 0 Å². The average Bonchev–Trinajstić information content (AvgIpc) is 2.60. The lowest BCUT2D eigenvalue weighted by molar-refractivity contribution is -0.117. The molecule has 92 valence electrons. The average molecular weight is 254 g/mol. The Morgan fingerprint density at radius 3 is 2.65 bits per heavy atom. The summed E-state index contributed by atoms with van der Waals surface area (Å²) in [5, 5.41) is 4.27. The first-order valence-electron chi connectivity index (χ1n) is 5.26. The van der Waals surface area contributed by atoms with E-state index in [2.05, 4.69) is 0 Å². The van der Waals surface area contributed by atoms with Crippen molar-refractivity contribution in [1.82, 2.24) is 0 Å². The summed E-state index contributed by atoms with van der Waals surface area (Å²) >= 11 is 0. The van der Waals surface area contributed by atoms with Crippen molar-refractivity contribution in [2.75, 3.05) is 11.4 Å². The number of carbonyl (C=O) groups is 1. The first-order chi connectivity index (χ1) is 7.88. The van der Waals surface area contributed by atoms with E-state index in [1.54, 1.807) is 6.07 Å². The highest BCUT2D eigenvalue weighted by molar-refractivity contribution is 7.89. The highest BCUT2D eigenvalue weighted by atomic mass is 32.2. The summed E-state index contributed by atoms with van der Waals surface area (Å²) in [6.07, 6.45) is -0.0349. The third kappa shape index (κ3) is 2.48. The first-order valence-corrected chi connectivity index (χ1v) is 6.87. The number of rotatable bonds is 2. The van der Waals surface area contributed by atoms with E-state index >= 15 is 0 Å². The number of hydrogen-bond acceptors (Lipinski definition) is 3. The zero-order valence-electron chi connectivity index (χ0n) is 9.46. The zero-order chi connectivity index (χ0) is 12.6. The van der Waals surface area contributed by atoms with Gasteiger partial charge in [0.2, 0.25) is 15.9 Å². The monoisotopic (exact) mass is 254 g/mol. The summed E-state index contributed by atoms with van der Waals surface area (Å²) in [5.74, 6) is -0.199. The number of nitrogens with zero attached hydrogens (tertiary/aromatic N) is 1. The zero-order valence-corrected chi connectivity index (χ0v) is 10.3. The number of primary sulfonamides is 1. The van der Waals surface area contributed by atoms with Gasteiger partial charge in [0, 0.05) is 18.7 Å². The van der Waals surface area contributed by atoms with Crippen LogP contribution in [0.15, 0.2) is 24.3 Å². The second kappa shape index (κ2) is 4.12. The van der Waals surface area contributed by atoms with Gasteiger partial charge in [0.15, 0.2) is 0 Å². The molecule has 0 aliphatic carbocycles. The van der Waals surface area contributed by atoms with E-state index in [1.165, 1.54) is 4.90 Å². The number of nitrogens with two attached hydrogens (primary N) is 1. The topological polar surface area (TPSA) is 80.5 Å². The maximum absolute atomic E-state index is 11.7. The van der Waals surface area contributed by atoms with Crippen LogP contribution in [-0.2, 0) is 14.8 Å². The van der Waals surface area contributed by atoms with Crippen LogP contribution in [0.3, 0.4) is 0 Å². The van der Waals surface area contributed by atoms with Crippen molar-refractivity contribution in [2.24, 2.45) is 5.14 Å². The van der Waals surface area contributed by atoms with E-state index in [4.69, 9.17) is 5.14 Å². The molecule has 1 aromatic rings. The van der Waals surface area contributed by atoms with Gasteiger partial charge in [0.25, 0.3) is 0 Å². The second-order valence-corrected chi connectivity index (χ2v) is 6.10. The molecule has 1 aliphatic rings. The molecule has 0 spiro atoms. The Labute approximate surface area is 100 Å². The third-order valence-electron chi connectivity index (χ3n) is 2.87. The van der Waals surface area contributed by atoms with Gasteiger partial charge in [0.1, 0.15) is 5.25 Å². The second-order valence-electron chi connectivity index (χ2n) is 4.26. The molecule has 0 saturated carbocycles. The Morgan fingerprint density at radius 2 is 2.12 bits per heavy atom. The van der Waals surface area contributed by atoms with Crippen molar-refractivity contribution < 1.29 is 13.2 Å². The van der Waals surface area contributed by atoms with Gasteiger partial charge in [-0.2, -0.15) is 0 Å². The molecule has 1 amide bonds. The molecule has 1 aromatic carbocycles. The normalized spacial score (nSPS) is 20.9. The lowest BCUT2D eigenvalue weighted by atomic mass is 10.2. The minimum Gasteiger partial charge on any atom is -0.311 e. The van der Waals surface area contributed by atoms with Crippen LogP contribution < -0.4 is 10.0 Å². The van der Waals surface area contributed by atoms with Crippen LogP contribution in [0.25, 0.3) is 0 Å². The van der Waals surface area contributed by atoms with Crippen molar-refractivity contribution in [3.8, 4) is 0 Å². The van der Waals surface area contributed by atoms with Gasteiger partial charge in [-0.1, -0.05) is 12.1 Å². The van der Waals surface area contributed by atoms with E-state index in [0.717, 1.165) is 11.3 Å². The molecule has 0 aromatic heterocycles. The maximum Gasteiger partial charge on any atom is 0.228 e. The van der Waals surface area contributed by atoms with Gasteiger partial charge in [0.05, 0.1) is 0 Å². The fraction of sp³-hybridized carbons (Fsp3) is 0.364. The van der Waals surface area contributed by atoms with Gasteiger partial charge < -0.3 is 4.90 Å². The lowest BCUT2D eigenvalue weighted by Crippen LogP contribution is -2.32. The van der Waals surface area contributed by atoms with Crippen LogP contribution in [0.1, 0.15) is 12.0 Å². The number of hydrogen-bond donors (Lipinski definition) is 1. The van der Waals surface area contributed by atoms with Crippen LogP contribution in [0.4, 0.5) is 5.69 Å². The van der Waals surface area contributed by atoms with Gasteiger partial charge in [-0.3, -0.25) is 4.79 Å². The molecule has 6 heteroatoms. The van der Waals surface area contributed by atoms with Gasteiger partial charge >= 0.3 is 0 Å². The highest BCUT2D eigenvalue weighted by Crippen LogP contribution is 2.24. The molecule has 2 rings (SSSR count). The number of anilines is 1. The Kier molecular flexibility index (Phi) is 2.92. The predicted octanol–water partition coefficient (Wildman–Crippen LogP) is 0.389. The van der Waals surface area contributed by atoms with E-state index in [9.17, 15) is 13.2 Å². The van der Waals surface area contributed by atoms with Crippen molar-refractivity contribution in [3.63, 3.8) is 0 Å². The Balaban J connectivity index is 2.28. The molecule has 1 atom stereocenters. The smallest absolute Gasteiger partial charge is 0.228 e. The Bertz CT molecular complexity index is 554. The highest BCUT2D eigenvalue weighted by Gasteiger charge is 2.37. The minimum absolute atomic E-state index is 0.0349. The molecule has 1 aliphatic heterocycles. The van der Waals surface area contributed by atoms with Crippen LogP contribution in [0.5, 0.6) is 0 Å². The maximum atomic E-state index is 11.7. The molecule has 5 nitrogen and oxygen atoms in total. The van der Waals surface area contributed by atoms with E-state index in [-0.39, 0.29) is 18.9 Å². The third-order valence-corrected chi connectivity index (χ3v) is 4.11. The summed E-state index contributed by atoms with van der Waals surface area (Å²) in [5.41, 5.74) is 1.75. The Hall–Kier alpha value is -1.40. The van der Waals surface area contributed by atoms with Gasteiger partial charge in [-0.05, 0) is 24.6 Å². The number of amides is 1. The van der Waals surface area contributed by atoms with Crippen LogP contribution in [-0.4, -0.2) is 26.1 Å². The van der Waals surface area contributed by atoms with E-state index in [1.807, 2.05) is 25.1 Å². The molecular weight excluding hydrogens is 240 g/mol. The van der Waals surface area contributed by atoms with Crippen LogP contribution in [0, 0.1) is 6.92 Å². The summed E-state index contributed by atoms with van der Waals surface area (Å²) in [6, 6.07) is 7.39. The fourth-order valence-corrected chi connectivity index (χ4v) is 2.67. The molecule has 1 unspecified atom stereocenters. The quantitative estimate of drug-likeness (QED) is 0.829. The van der Waals surface area contributed by atoms with Crippen LogP contribution >= 0.6 is 0 Å².